The summed E-state index contributed by atoms with van der Waals surface area (Å²) in [6.45, 7) is 3.13. The van der Waals surface area contributed by atoms with Gasteiger partial charge in [-0.15, -0.1) is 0 Å². The lowest BCUT2D eigenvalue weighted by Gasteiger charge is -2.59. The average molecular weight is 431 g/mol. The van der Waals surface area contributed by atoms with Crippen molar-refractivity contribution < 1.29 is 9.47 Å². The van der Waals surface area contributed by atoms with Crippen molar-refractivity contribution in [1.29, 1.82) is 0 Å². The molecule has 0 heterocycles. The van der Waals surface area contributed by atoms with Crippen LogP contribution < -0.4 is 20.1 Å². The Labute approximate surface area is 187 Å². The van der Waals surface area contributed by atoms with Crippen molar-refractivity contribution in [2.45, 2.75) is 70.8 Å². The fourth-order valence-electron chi connectivity index (χ4n) is 6.99. The number of methoxy groups -OCH3 is 2. The van der Waals surface area contributed by atoms with Crippen LogP contribution in [0.2, 0.25) is 0 Å². The monoisotopic (exact) mass is 430 g/mol. The molecule has 166 valence electrons. The zero-order valence-electron chi connectivity index (χ0n) is 18.8. The van der Waals surface area contributed by atoms with E-state index in [0.717, 1.165) is 47.3 Å². The molecule has 0 radical (unpaired) electrons. The second-order valence-electron chi connectivity index (χ2n) is 9.96. The van der Waals surface area contributed by atoms with Crippen molar-refractivity contribution in [2.75, 3.05) is 20.8 Å². The van der Waals surface area contributed by atoms with Gasteiger partial charge in [-0.25, -0.2) is 0 Å². The van der Waals surface area contributed by atoms with E-state index in [2.05, 4.69) is 23.6 Å². The summed E-state index contributed by atoms with van der Waals surface area (Å²) in [5.41, 5.74) is 1.70. The van der Waals surface area contributed by atoms with E-state index in [-0.39, 0.29) is 0 Å². The molecule has 30 heavy (non-hydrogen) atoms. The summed E-state index contributed by atoms with van der Waals surface area (Å²) in [5.74, 6) is 4.47. The smallest absolute Gasteiger partial charge is 0.166 e. The molecule has 4 nitrogen and oxygen atoms in total. The highest BCUT2D eigenvalue weighted by Gasteiger charge is 2.54. The molecular formula is C25H38N2O2S. The summed E-state index contributed by atoms with van der Waals surface area (Å²) in [7, 11) is 3.34. The van der Waals surface area contributed by atoms with Crippen LogP contribution in [0.15, 0.2) is 18.2 Å². The van der Waals surface area contributed by atoms with Crippen molar-refractivity contribution in [1.82, 2.24) is 10.6 Å². The van der Waals surface area contributed by atoms with Gasteiger partial charge < -0.3 is 20.1 Å². The van der Waals surface area contributed by atoms with Gasteiger partial charge in [0.05, 0.1) is 14.2 Å². The van der Waals surface area contributed by atoms with E-state index in [4.69, 9.17) is 21.7 Å². The van der Waals surface area contributed by atoms with E-state index < -0.39 is 0 Å². The second kappa shape index (κ2) is 9.33. The maximum atomic E-state index is 5.74. The highest BCUT2D eigenvalue weighted by molar-refractivity contribution is 7.80. The van der Waals surface area contributed by atoms with E-state index in [1.807, 2.05) is 12.1 Å². The van der Waals surface area contributed by atoms with E-state index in [9.17, 15) is 0 Å². The Balaban J connectivity index is 1.32. The summed E-state index contributed by atoms with van der Waals surface area (Å²) >= 11 is 5.74. The fraction of sp³-hybridized carbons (Fsp3) is 0.720. The van der Waals surface area contributed by atoms with Crippen LogP contribution in [0.5, 0.6) is 11.5 Å². The molecule has 0 aliphatic heterocycles. The number of nitrogens with one attached hydrogen (secondary N) is 2. The van der Waals surface area contributed by atoms with Gasteiger partial charge in [-0.2, -0.15) is 0 Å². The molecule has 0 spiro atoms. The van der Waals surface area contributed by atoms with Crippen LogP contribution in [0.25, 0.3) is 0 Å². The summed E-state index contributed by atoms with van der Waals surface area (Å²) in [6, 6.07) is 6.63. The maximum Gasteiger partial charge on any atom is 0.166 e. The second-order valence-corrected chi connectivity index (χ2v) is 10.4. The number of rotatable bonds is 9. The Hall–Kier alpha value is -1.49. The lowest BCUT2D eigenvalue weighted by atomic mass is 9.47. The molecule has 4 aliphatic rings. The third kappa shape index (κ3) is 4.56. The molecule has 4 bridgehead atoms. The number of benzene rings is 1. The third-order valence-corrected chi connectivity index (χ3v) is 8.12. The normalized spacial score (nSPS) is 30.0. The van der Waals surface area contributed by atoms with Crippen LogP contribution in [0.4, 0.5) is 0 Å². The van der Waals surface area contributed by atoms with Gasteiger partial charge in [0, 0.05) is 12.6 Å². The molecule has 0 saturated heterocycles. The lowest BCUT2D eigenvalue weighted by Crippen LogP contribution is -2.58. The first kappa shape index (κ1) is 21.7. The van der Waals surface area contributed by atoms with Crippen LogP contribution in [0.1, 0.15) is 63.9 Å². The third-order valence-electron chi connectivity index (χ3n) is 7.85. The van der Waals surface area contributed by atoms with Crippen molar-refractivity contribution >= 4 is 17.3 Å². The first-order valence-corrected chi connectivity index (χ1v) is 12.2. The quantitative estimate of drug-likeness (QED) is 0.534. The first-order valence-electron chi connectivity index (χ1n) is 11.8. The Morgan fingerprint density at radius 1 is 1.07 bits per heavy atom. The molecule has 0 amide bonds. The zero-order valence-corrected chi connectivity index (χ0v) is 19.7. The molecule has 5 rings (SSSR count). The number of hydrogen-bond donors (Lipinski definition) is 2. The largest absolute Gasteiger partial charge is 0.493 e. The van der Waals surface area contributed by atoms with Crippen LogP contribution in [0, 0.1) is 23.2 Å². The summed E-state index contributed by atoms with van der Waals surface area (Å²) in [5, 5.41) is 8.07. The van der Waals surface area contributed by atoms with Gasteiger partial charge >= 0.3 is 0 Å². The molecular weight excluding hydrogens is 392 g/mol. The highest BCUT2D eigenvalue weighted by Crippen LogP contribution is 2.61. The molecule has 4 saturated carbocycles. The topological polar surface area (TPSA) is 42.5 Å². The van der Waals surface area contributed by atoms with Gasteiger partial charge in [0.2, 0.25) is 0 Å². The molecule has 5 heteroatoms. The zero-order chi connectivity index (χ0) is 21.1. The number of thiocarbonyl (C=S) groups is 1. The molecule has 2 N–H and O–H groups in total. The molecule has 1 unspecified atom stereocenters. The van der Waals surface area contributed by atoms with Gasteiger partial charge in [-0.1, -0.05) is 19.4 Å². The van der Waals surface area contributed by atoms with E-state index in [1.54, 1.807) is 14.2 Å². The Morgan fingerprint density at radius 2 is 1.70 bits per heavy atom. The van der Waals surface area contributed by atoms with E-state index >= 15 is 0 Å². The summed E-state index contributed by atoms with van der Waals surface area (Å²) in [6.07, 6.45) is 12.1. The molecule has 4 fully saturated rings. The summed E-state index contributed by atoms with van der Waals surface area (Å²) in [4.78, 5) is 0. The van der Waals surface area contributed by atoms with Crippen molar-refractivity contribution in [3.63, 3.8) is 0 Å². The van der Waals surface area contributed by atoms with Gasteiger partial charge in [-0.05, 0) is 104 Å². The SMILES string of the molecule is CCCC(NC(=S)NCCc1ccc(OC)c(OC)c1)C12CC3CC(CC(C3)C1)C2. The summed E-state index contributed by atoms with van der Waals surface area (Å²) < 4.78 is 10.7. The Kier molecular flexibility index (Phi) is 6.76. The van der Waals surface area contributed by atoms with Crippen LogP contribution in [-0.4, -0.2) is 31.9 Å². The van der Waals surface area contributed by atoms with Crippen LogP contribution in [0.3, 0.4) is 0 Å². The highest BCUT2D eigenvalue weighted by atomic mass is 32.1. The molecule has 4 aliphatic carbocycles. The first-order chi connectivity index (χ1) is 14.5. The Bertz CT molecular complexity index is 715. The number of ether oxygens (including phenoxy) is 2. The van der Waals surface area contributed by atoms with Crippen LogP contribution in [-0.2, 0) is 6.42 Å². The van der Waals surface area contributed by atoms with Gasteiger partial charge in [0.15, 0.2) is 16.6 Å². The van der Waals surface area contributed by atoms with Crippen molar-refractivity contribution in [2.24, 2.45) is 23.2 Å². The molecule has 0 aromatic heterocycles. The van der Waals surface area contributed by atoms with Crippen molar-refractivity contribution in [3.05, 3.63) is 23.8 Å². The minimum atomic E-state index is 0.486. The van der Waals surface area contributed by atoms with Crippen LogP contribution >= 0.6 is 12.2 Å². The van der Waals surface area contributed by atoms with Gasteiger partial charge in [0.25, 0.3) is 0 Å². The standard InChI is InChI=1S/C25H38N2O2S/c1-4-5-23(25-14-18-10-19(15-25)12-20(11-18)16-25)27-24(30)26-9-8-17-6-7-21(28-2)22(13-17)29-3/h6-7,13,18-20,23H,4-5,8-12,14-16H2,1-3H3,(H2,26,27,30). The van der Waals surface area contributed by atoms with E-state index in [1.165, 1.54) is 56.9 Å². The Morgan fingerprint density at radius 3 is 2.27 bits per heavy atom. The maximum absolute atomic E-state index is 5.74. The van der Waals surface area contributed by atoms with Gasteiger partial charge in [0.1, 0.15) is 0 Å². The predicted molar refractivity (Wildman–Crippen MR) is 126 cm³/mol. The molecule has 1 aromatic rings. The molecule has 1 atom stereocenters. The van der Waals surface area contributed by atoms with Crippen molar-refractivity contribution in [3.8, 4) is 11.5 Å². The number of hydrogen-bond acceptors (Lipinski definition) is 3. The average Bonchev–Trinajstić information content (AvgIpc) is 2.72. The fourth-order valence-corrected chi connectivity index (χ4v) is 7.23. The van der Waals surface area contributed by atoms with E-state index in [0.29, 0.717) is 11.5 Å². The lowest BCUT2D eigenvalue weighted by molar-refractivity contribution is -0.0720. The minimum Gasteiger partial charge on any atom is -0.493 e. The molecule has 1 aromatic carbocycles. The predicted octanol–water partition coefficient (Wildman–Crippen LogP) is 5.10. The minimum absolute atomic E-state index is 0.486. The van der Waals surface area contributed by atoms with Gasteiger partial charge in [-0.3, -0.25) is 0 Å².